The molecule has 2 rings (SSSR count). The molecule has 0 amide bonds. The smallest absolute Gasteiger partial charge is 0.216 e. The molecule has 0 atom stereocenters. The molecule has 3 N–H and O–H groups in total. The summed E-state index contributed by atoms with van der Waals surface area (Å²) in [4.78, 5) is 0. The van der Waals surface area contributed by atoms with Crippen molar-refractivity contribution in [1.82, 2.24) is 4.72 Å². The third-order valence-corrected chi connectivity index (χ3v) is 4.62. The second kappa shape index (κ2) is 6.74. The van der Waals surface area contributed by atoms with Gasteiger partial charge in [-0.25, -0.2) is 13.1 Å². The minimum Gasteiger partial charge on any atom is -0.399 e. The van der Waals surface area contributed by atoms with Gasteiger partial charge in [-0.05, 0) is 35.2 Å². The van der Waals surface area contributed by atoms with Crippen molar-refractivity contribution >= 4 is 15.7 Å². The second-order valence-corrected chi connectivity index (χ2v) is 6.75. The molecule has 0 unspecified atom stereocenters. The van der Waals surface area contributed by atoms with Crippen LogP contribution in [-0.4, -0.2) is 8.42 Å². The third kappa shape index (κ3) is 4.58. The molecular formula is C16H20N2O2S. The molecule has 0 aliphatic rings. The van der Waals surface area contributed by atoms with Crippen LogP contribution in [0.4, 0.5) is 5.69 Å². The number of nitrogen functional groups attached to an aromatic ring is 1. The van der Waals surface area contributed by atoms with Crippen molar-refractivity contribution in [2.24, 2.45) is 0 Å². The fraction of sp³-hybridized carbons (Fsp3) is 0.250. The number of rotatable bonds is 6. The Bertz CT molecular complexity index is 694. The monoisotopic (exact) mass is 304 g/mol. The predicted octanol–water partition coefficient (Wildman–Crippen LogP) is 2.45. The summed E-state index contributed by atoms with van der Waals surface area (Å²) in [7, 11) is -3.36. The number of nitrogens with two attached hydrogens (primary N) is 1. The van der Waals surface area contributed by atoms with Gasteiger partial charge in [0.2, 0.25) is 10.0 Å². The van der Waals surface area contributed by atoms with Crippen LogP contribution in [0.3, 0.4) is 0 Å². The molecule has 2 aromatic carbocycles. The Labute approximate surface area is 126 Å². The molecule has 0 aromatic heterocycles. The molecule has 0 radical (unpaired) electrons. The molecule has 5 heteroatoms. The number of hydrogen-bond donors (Lipinski definition) is 2. The van der Waals surface area contributed by atoms with E-state index in [4.69, 9.17) is 5.73 Å². The molecular weight excluding hydrogens is 284 g/mol. The van der Waals surface area contributed by atoms with E-state index >= 15 is 0 Å². The third-order valence-electron chi connectivity index (χ3n) is 3.32. The van der Waals surface area contributed by atoms with Crippen molar-refractivity contribution in [3.05, 3.63) is 65.2 Å². The Morgan fingerprint density at radius 2 is 1.62 bits per heavy atom. The molecule has 0 spiro atoms. The SMILES string of the molecule is CCc1ccccc1CNS(=O)(=O)Cc1ccc(N)cc1. The maximum atomic E-state index is 12.1. The van der Waals surface area contributed by atoms with Gasteiger partial charge in [-0.3, -0.25) is 0 Å². The van der Waals surface area contributed by atoms with Crippen molar-refractivity contribution in [3.8, 4) is 0 Å². The van der Waals surface area contributed by atoms with Crippen molar-refractivity contribution < 1.29 is 8.42 Å². The number of sulfonamides is 1. The van der Waals surface area contributed by atoms with Gasteiger partial charge < -0.3 is 5.73 Å². The number of anilines is 1. The van der Waals surface area contributed by atoms with Crippen LogP contribution in [0.1, 0.15) is 23.6 Å². The average Bonchev–Trinajstić information content (AvgIpc) is 2.48. The van der Waals surface area contributed by atoms with Gasteiger partial charge in [0.05, 0.1) is 5.75 Å². The average molecular weight is 304 g/mol. The molecule has 21 heavy (non-hydrogen) atoms. The van der Waals surface area contributed by atoms with E-state index in [2.05, 4.69) is 11.6 Å². The highest BCUT2D eigenvalue weighted by molar-refractivity contribution is 7.88. The van der Waals surface area contributed by atoms with Gasteiger partial charge in [0.15, 0.2) is 0 Å². The largest absolute Gasteiger partial charge is 0.399 e. The Morgan fingerprint density at radius 1 is 1.00 bits per heavy atom. The molecule has 0 saturated heterocycles. The van der Waals surface area contributed by atoms with Crippen LogP contribution in [0.2, 0.25) is 0 Å². The van der Waals surface area contributed by atoms with Gasteiger partial charge in [0.1, 0.15) is 0 Å². The summed E-state index contributed by atoms with van der Waals surface area (Å²) in [6, 6.07) is 14.7. The van der Waals surface area contributed by atoms with E-state index < -0.39 is 10.0 Å². The van der Waals surface area contributed by atoms with Gasteiger partial charge in [0.25, 0.3) is 0 Å². The number of benzene rings is 2. The molecule has 2 aromatic rings. The van der Waals surface area contributed by atoms with Crippen LogP contribution in [0.5, 0.6) is 0 Å². The summed E-state index contributed by atoms with van der Waals surface area (Å²) < 4.78 is 26.9. The van der Waals surface area contributed by atoms with Crippen molar-refractivity contribution in [2.45, 2.75) is 25.6 Å². The molecule has 0 heterocycles. The van der Waals surface area contributed by atoms with Crippen molar-refractivity contribution in [3.63, 3.8) is 0 Å². The fourth-order valence-corrected chi connectivity index (χ4v) is 3.26. The maximum Gasteiger partial charge on any atom is 0.216 e. The molecule has 0 bridgehead atoms. The topological polar surface area (TPSA) is 72.2 Å². The summed E-state index contributed by atoms with van der Waals surface area (Å²) in [5.41, 5.74) is 9.12. The number of aryl methyl sites for hydroxylation is 1. The zero-order valence-electron chi connectivity index (χ0n) is 12.0. The Kier molecular flexibility index (Phi) is 4.98. The number of nitrogens with one attached hydrogen (secondary N) is 1. The lowest BCUT2D eigenvalue weighted by Gasteiger charge is -2.10. The lowest BCUT2D eigenvalue weighted by atomic mass is 10.1. The fourth-order valence-electron chi connectivity index (χ4n) is 2.15. The first-order valence-corrected chi connectivity index (χ1v) is 8.54. The van der Waals surface area contributed by atoms with Crippen molar-refractivity contribution in [2.75, 3.05) is 5.73 Å². The van der Waals surface area contributed by atoms with Gasteiger partial charge >= 0.3 is 0 Å². The quantitative estimate of drug-likeness (QED) is 0.805. The highest BCUT2D eigenvalue weighted by Crippen LogP contribution is 2.12. The Balaban J connectivity index is 2.02. The van der Waals surface area contributed by atoms with Crippen LogP contribution >= 0.6 is 0 Å². The minimum absolute atomic E-state index is 0.0401. The molecule has 0 aliphatic heterocycles. The molecule has 112 valence electrons. The van der Waals surface area contributed by atoms with E-state index in [0.29, 0.717) is 12.2 Å². The number of hydrogen-bond acceptors (Lipinski definition) is 3. The van der Waals surface area contributed by atoms with Crippen LogP contribution in [0, 0.1) is 0 Å². The van der Waals surface area contributed by atoms with E-state index in [0.717, 1.165) is 23.1 Å². The van der Waals surface area contributed by atoms with Crippen LogP contribution in [0.25, 0.3) is 0 Å². The van der Waals surface area contributed by atoms with E-state index in [-0.39, 0.29) is 5.75 Å². The van der Waals surface area contributed by atoms with Crippen LogP contribution < -0.4 is 10.5 Å². The molecule has 0 aliphatic carbocycles. The summed E-state index contributed by atoms with van der Waals surface area (Å²) in [5, 5.41) is 0. The highest BCUT2D eigenvalue weighted by Gasteiger charge is 2.12. The van der Waals surface area contributed by atoms with Gasteiger partial charge in [0, 0.05) is 12.2 Å². The van der Waals surface area contributed by atoms with Crippen LogP contribution in [-0.2, 0) is 28.7 Å². The predicted molar refractivity (Wildman–Crippen MR) is 86.1 cm³/mol. The van der Waals surface area contributed by atoms with E-state index in [1.54, 1.807) is 24.3 Å². The molecule has 4 nitrogen and oxygen atoms in total. The lowest BCUT2D eigenvalue weighted by molar-refractivity contribution is 0.580. The Morgan fingerprint density at radius 3 is 2.24 bits per heavy atom. The maximum absolute atomic E-state index is 12.1. The standard InChI is InChI=1S/C16H20N2O2S/c1-2-14-5-3-4-6-15(14)11-18-21(19,20)12-13-7-9-16(17)10-8-13/h3-10,18H,2,11-12,17H2,1H3. The summed E-state index contributed by atoms with van der Waals surface area (Å²) >= 11 is 0. The zero-order valence-corrected chi connectivity index (χ0v) is 12.9. The lowest BCUT2D eigenvalue weighted by Crippen LogP contribution is -2.25. The van der Waals surface area contributed by atoms with Gasteiger partial charge in [-0.2, -0.15) is 0 Å². The first-order chi connectivity index (χ1) is 10.00. The van der Waals surface area contributed by atoms with Crippen molar-refractivity contribution in [1.29, 1.82) is 0 Å². The normalized spacial score (nSPS) is 11.5. The minimum atomic E-state index is -3.36. The summed E-state index contributed by atoms with van der Waals surface area (Å²) in [6.45, 7) is 2.38. The first kappa shape index (κ1) is 15.5. The summed E-state index contributed by atoms with van der Waals surface area (Å²) in [5.74, 6) is -0.0401. The second-order valence-electron chi connectivity index (χ2n) is 4.94. The zero-order chi connectivity index (χ0) is 15.3. The van der Waals surface area contributed by atoms with Crippen LogP contribution in [0.15, 0.2) is 48.5 Å². The summed E-state index contributed by atoms with van der Waals surface area (Å²) in [6.07, 6.45) is 0.885. The Hall–Kier alpha value is -1.85. The highest BCUT2D eigenvalue weighted by atomic mass is 32.2. The molecule has 0 saturated carbocycles. The van der Waals surface area contributed by atoms with Gasteiger partial charge in [-0.15, -0.1) is 0 Å². The van der Waals surface area contributed by atoms with Gasteiger partial charge in [-0.1, -0.05) is 43.3 Å². The van der Waals surface area contributed by atoms with E-state index in [1.807, 2.05) is 24.3 Å². The molecule has 0 fully saturated rings. The first-order valence-electron chi connectivity index (χ1n) is 6.88. The van der Waals surface area contributed by atoms with E-state index in [9.17, 15) is 8.42 Å². The van der Waals surface area contributed by atoms with E-state index in [1.165, 1.54) is 0 Å².